The monoisotopic (exact) mass is 300 g/mol. The van der Waals surface area contributed by atoms with Gasteiger partial charge >= 0.3 is 0 Å². The summed E-state index contributed by atoms with van der Waals surface area (Å²) in [5.74, 6) is -0.0910. The van der Waals surface area contributed by atoms with E-state index in [2.05, 4.69) is 15.9 Å². The first-order chi connectivity index (χ1) is 8.03. The number of Topliss-reactive ketones (excluding diaryl/α,β-unsaturated/α-hetero) is 1. The van der Waals surface area contributed by atoms with Crippen LogP contribution in [0, 0.1) is 5.82 Å². The maximum Gasteiger partial charge on any atom is 0.129 e. The Hall–Kier alpha value is -0.740. The number of hydrogen-bond donors (Lipinski definition) is 0. The number of carbonyl (C=O) groups is 1. The number of benzene rings is 1. The van der Waals surface area contributed by atoms with Gasteiger partial charge in [-0.25, -0.2) is 4.39 Å². The van der Waals surface area contributed by atoms with E-state index in [0.29, 0.717) is 31.6 Å². The zero-order valence-corrected chi connectivity index (χ0v) is 11.2. The first-order valence-electron chi connectivity index (χ1n) is 5.56. The number of ketones is 1. The zero-order valence-electron chi connectivity index (χ0n) is 9.63. The summed E-state index contributed by atoms with van der Waals surface area (Å²) in [6.07, 6.45) is 1.12. The minimum atomic E-state index is -0.320. The van der Waals surface area contributed by atoms with Crippen molar-refractivity contribution in [1.29, 1.82) is 0 Å². The SMILES string of the molecule is CC(=O)CCC1(c2cc(Br)ccc2F)COC1. The summed E-state index contributed by atoms with van der Waals surface area (Å²) in [6, 6.07) is 4.92. The van der Waals surface area contributed by atoms with Crippen LogP contribution in [-0.2, 0) is 14.9 Å². The highest BCUT2D eigenvalue weighted by atomic mass is 79.9. The van der Waals surface area contributed by atoms with Crippen LogP contribution in [-0.4, -0.2) is 19.0 Å². The summed E-state index contributed by atoms with van der Waals surface area (Å²) in [7, 11) is 0. The average molecular weight is 301 g/mol. The van der Waals surface area contributed by atoms with Crippen LogP contribution in [0.5, 0.6) is 0 Å². The van der Waals surface area contributed by atoms with Gasteiger partial charge in [-0.15, -0.1) is 0 Å². The molecule has 1 saturated heterocycles. The molecule has 0 atom stereocenters. The standard InChI is InChI=1S/C13H14BrFO2/c1-9(16)4-5-13(7-17-8-13)11-6-10(14)2-3-12(11)15/h2-3,6H,4-5,7-8H2,1H3. The summed E-state index contributed by atoms with van der Waals surface area (Å²) in [6.45, 7) is 2.55. The molecule has 0 aliphatic carbocycles. The van der Waals surface area contributed by atoms with E-state index < -0.39 is 0 Å². The normalized spacial score (nSPS) is 17.6. The second-order valence-electron chi connectivity index (χ2n) is 4.60. The molecule has 0 amide bonds. The molecule has 0 spiro atoms. The molecule has 0 bridgehead atoms. The Morgan fingerprint density at radius 2 is 2.24 bits per heavy atom. The van der Waals surface area contributed by atoms with E-state index in [1.807, 2.05) is 0 Å². The Morgan fingerprint density at radius 3 is 2.76 bits per heavy atom. The van der Waals surface area contributed by atoms with Crippen molar-refractivity contribution in [3.8, 4) is 0 Å². The van der Waals surface area contributed by atoms with Gasteiger partial charge in [-0.3, -0.25) is 0 Å². The van der Waals surface area contributed by atoms with Gasteiger partial charge in [0.1, 0.15) is 11.6 Å². The second kappa shape index (κ2) is 4.86. The molecule has 0 unspecified atom stereocenters. The lowest BCUT2D eigenvalue weighted by atomic mass is 9.74. The molecule has 17 heavy (non-hydrogen) atoms. The highest BCUT2D eigenvalue weighted by Gasteiger charge is 2.42. The largest absolute Gasteiger partial charge is 0.379 e. The minimum Gasteiger partial charge on any atom is -0.379 e. The van der Waals surface area contributed by atoms with Gasteiger partial charge in [-0.1, -0.05) is 15.9 Å². The van der Waals surface area contributed by atoms with Gasteiger partial charge in [-0.2, -0.15) is 0 Å². The molecule has 1 aliphatic rings. The summed E-state index contributed by atoms with van der Waals surface area (Å²) in [4.78, 5) is 11.1. The molecule has 0 aromatic heterocycles. The van der Waals surface area contributed by atoms with Gasteiger partial charge in [0, 0.05) is 16.3 Å². The molecular formula is C13H14BrFO2. The number of carbonyl (C=O) groups excluding carboxylic acids is 1. The first-order valence-corrected chi connectivity index (χ1v) is 6.35. The van der Waals surface area contributed by atoms with Crippen molar-refractivity contribution in [1.82, 2.24) is 0 Å². The molecule has 4 heteroatoms. The maximum atomic E-state index is 13.8. The van der Waals surface area contributed by atoms with Gasteiger partial charge in [0.2, 0.25) is 0 Å². The van der Waals surface area contributed by atoms with Crippen LogP contribution in [0.2, 0.25) is 0 Å². The second-order valence-corrected chi connectivity index (χ2v) is 5.51. The summed E-state index contributed by atoms with van der Waals surface area (Å²) < 4.78 is 19.9. The molecule has 2 rings (SSSR count). The van der Waals surface area contributed by atoms with E-state index in [0.717, 1.165) is 4.47 Å². The number of hydrogen-bond acceptors (Lipinski definition) is 2. The van der Waals surface area contributed by atoms with Crippen molar-refractivity contribution in [2.45, 2.75) is 25.2 Å². The molecular weight excluding hydrogens is 287 g/mol. The van der Waals surface area contributed by atoms with Crippen LogP contribution in [0.15, 0.2) is 22.7 Å². The smallest absolute Gasteiger partial charge is 0.129 e. The quantitative estimate of drug-likeness (QED) is 0.853. The fraction of sp³-hybridized carbons (Fsp3) is 0.462. The van der Waals surface area contributed by atoms with Gasteiger partial charge in [0.25, 0.3) is 0 Å². The fourth-order valence-corrected chi connectivity index (χ4v) is 2.46. The van der Waals surface area contributed by atoms with Crippen molar-refractivity contribution < 1.29 is 13.9 Å². The molecule has 1 aliphatic heterocycles. The average Bonchev–Trinajstić information content (AvgIpc) is 2.21. The molecule has 1 aromatic rings. The third kappa shape index (κ3) is 2.58. The number of rotatable bonds is 4. The molecule has 0 saturated carbocycles. The Labute approximate surface area is 108 Å². The van der Waals surface area contributed by atoms with Crippen LogP contribution in [0.4, 0.5) is 4.39 Å². The molecule has 1 heterocycles. The topological polar surface area (TPSA) is 26.3 Å². The predicted molar refractivity (Wildman–Crippen MR) is 66.5 cm³/mol. The van der Waals surface area contributed by atoms with E-state index in [-0.39, 0.29) is 17.0 Å². The van der Waals surface area contributed by atoms with Gasteiger partial charge in [-0.05, 0) is 37.1 Å². The Morgan fingerprint density at radius 1 is 1.53 bits per heavy atom. The van der Waals surface area contributed by atoms with Gasteiger partial charge < -0.3 is 9.53 Å². The Balaban J connectivity index is 2.27. The van der Waals surface area contributed by atoms with Crippen LogP contribution < -0.4 is 0 Å². The molecule has 1 aromatic carbocycles. The van der Waals surface area contributed by atoms with Gasteiger partial charge in [0.05, 0.1) is 13.2 Å². The van der Waals surface area contributed by atoms with Crippen molar-refractivity contribution in [2.24, 2.45) is 0 Å². The first kappa shape index (κ1) is 12.7. The van der Waals surface area contributed by atoms with Crippen LogP contribution in [0.25, 0.3) is 0 Å². The lowest BCUT2D eigenvalue weighted by molar-refractivity contribution is -0.119. The van der Waals surface area contributed by atoms with Crippen molar-refractivity contribution in [3.05, 3.63) is 34.1 Å². The van der Waals surface area contributed by atoms with E-state index >= 15 is 0 Å². The van der Waals surface area contributed by atoms with E-state index in [9.17, 15) is 9.18 Å². The lowest BCUT2D eigenvalue weighted by Gasteiger charge is -2.42. The lowest BCUT2D eigenvalue weighted by Crippen LogP contribution is -2.47. The predicted octanol–water partition coefficient (Wildman–Crippen LogP) is 3.23. The molecule has 1 fully saturated rings. The fourth-order valence-electron chi connectivity index (χ4n) is 2.10. The zero-order chi connectivity index (χ0) is 12.5. The molecule has 0 N–H and O–H groups in total. The van der Waals surface area contributed by atoms with Crippen molar-refractivity contribution in [3.63, 3.8) is 0 Å². The third-order valence-corrected chi connectivity index (χ3v) is 3.71. The highest BCUT2D eigenvalue weighted by molar-refractivity contribution is 9.10. The van der Waals surface area contributed by atoms with Crippen LogP contribution >= 0.6 is 15.9 Å². The minimum absolute atomic E-state index is 0.131. The van der Waals surface area contributed by atoms with Crippen LogP contribution in [0.1, 0.15) is 25.3 Å². The Bertz CT molecular complexity index is 441. The van der Waals surface area contributed by atoms with Crippen LogP contribution in [0.3, 0.4) is 0 Å². The van der Waals surface area contributed by atoms with E-state index in [4.69, 9.17) is 4.74 Å². The Kier molecular flexibility index (Phi) is 3.64. The van der Waals surface area contributed by atoms with E-state index in [1.54, 1.807) is 19.1 Å². The van der Waals surface area contributed by atoms with Crippen molar-refractivity contribution >= 4 is 21.7 Å². The van der Waals surface area contributed by atoms with E-state index in [1.165, 1.54) is 6.07 Å². The molecule has 0 radical (unpaired) electrons. The summed E-state index contributed by atoms with van der Waals surface area (Å²) >= 11 is 3.35. The molecule has 2 nitrogen and oxygen atoms in total. The maximum absolute atomic E-state index is 13.8. The number of halogens is 2. The highest BCUT2D eigenvalue weighted by Crippen LogP contribution is 2.39. The third-order valence-electron chi connectivity index (χ3n) is 3.21. The van der Waals surface area contributed by atoms with Gasteiger partial charge in [0.15, 0.2) is 0 Å². The number of ether oxygens (including phenoxy) is 1. The summed E-state index contributed by atoms with van der Waals surface area (Å²) in [5.41, 5.74) is 0.332. The summed E-state index contributed by atoms with van der Waals surface area (Å²) in [5, 5.41) is 0. The molecule has 92 valence electrons. The van der Waals surface area contributed by atoms with Crippen molar-refractivity contribution in [2.75, 3.05) is 13.2 Å².